The molecule has 32 heavy (non-hydrogen) atoms. The summed E-state index contributed by atoms with van der Waals surface area (Å²) in [4.78, 5) is 28.1. The molecule has 0 saturated heterocycles. The number of fused-ring (bicyclic) bond motifs is 1. The molecule has 4 rings (SSSR count). The molecule has 0 bridgehead atoms. The van der Waals surface area contributed by atoms with E-state index in [1.807, 2.05) is 6.07 Å². The molecule has 1 N–H and O–H groups in total. The molecule has 0 aliphatic carbocycles. The second-order valence-electron chi connectivity index (χ2n) is 7.18. The van der Waals surface area contributed by atoms with E-state index < -0.39 is 17.9 Å². The highest BCUT2D eigenvalue weighted by Crippen LogP contribution is 2.39. The highest BCUT2D eigenvalue weighted by molar-refractivity contribution is 6.02. The predicted octanol–water partition coefficient (Wildman–Crippen LogP) is 2.83. The molecule has 1 aliphatic rings. The van der Waals surface area contributed by atoms with Crippen LogP contribution in [0.5, 0.6) is 5.75 Å². The molecular weight excluding hydrogens is 414 g/mol. The van der Waals surface area contributed by atoms with Gasteiger partial charge in [-0.05, 0) is 48.0 Å². The Hall–Kier alpha value is -4.08. The minimum Gasteiger partial charge on any atom is -0.489 e. The van der Waals surface area contributed by atoms with E-state index in [0.717, 1.165) is 5.56 Å². The van der Waals surface area contributed by atoms with Crippen LogP contribution in [0.15, 0.2) is 53.5 Å². The quantitative estimate of drug-likeness (QED) is 0.561. The molecule has 0 spiro atoms. The van der Waals surface area contributed by atoms with Gasteiger partial charge in [0.1, 0.15) is 24.3 Å². The first-order chi connectivity index (χ1) is 15.5. The Labute approximate surface area is 183 Å². The molecule has 0 fully saturated rings. The zero-order valence-electron chi connectivity index (χ0n) is 17.5. The third-order valence-corrected chi connectivity index (χ3v) is 5.14. The monoisotopic (exact) mass is 435 g/mol. The van der Waals surface area contributed by atoms with Gasteiger partial charge in [0.05, 0.1) is 12.2 Å². The zero-order valence-corrected chi connectivity index (χ0v) is 17.5. The Morgan fingerprint density at radius 1 is 1.12 bits per heavy atom. The number of nitrogens with zero attached hydrogens (tertiary/aromatic N) is 5. The molecule has 1 aliphatic heterocycles. The molecule has 0 saturated carbocycles. The first-order valence-electron chi connectivity index (χ1n) is 10.0. The van der Waals surface area contributed by atoms with Gasteiger partial charge in [0.25, 0.3) is 5.95 Å². The minimum atomic E-state index is -1.03. The molecule has 3 aromatic rings. The van der Waals surface area contributed by atoms with E-state index in [9.17, 15) is 14.7 Å². The van der Waals surface area contributed by atoms with Gasteiger partial charge >= 0.3 is 11.9 Å². The third kappa shape index (κ3) is 4.07. The van der Waals surface area contributed by atoms with Gasteiger partial charge in [0, 0.05) is 11.3 Å². The van der Waals surface area contributed by atoms with Gasteiger partial charge in [-0.15, -0.1) is 0 Å². The number of carboxylic acid groups (broad SMARTS) is 1. The Morgan fingerprint density at radius 2 is 1.88 bits per heavy atom. The van der Waals surface area contributed by atoms with Crippen molar-refractivity contribution < 1.29 is 24.2 Å². The van der Waals surface area contributed by atoms with E-state index >= 15 is 0 Å². The molecule has 2 aromatic carbocycles. The maximum Gasteiger partial charge on any atom is 0.338 e. The number of aromatic nitrogens is 4. The highest BCUT2D eigenvalue weighted by Gasteiger charge is 2.40. The van der Waals surface area contributed by atoms with Crippen LogP contribution in [-0.4, -0.2) is 49.6 Å². The summed E-state index contributed by atoms with van der Waals surface area (Å²) in [5.41, 5.74) is 2.34. The number of rotatable bonds is 7. The lowest BCUT2D eigenvalue weighted by Gasteiger charge is -2.29. The van der Waals surface area contributed by atoms with E-state index in [2.05, 4.69) is 20.5 Å². The molecular formula is C22H21N5O5. The molecule has 164 valence electrons. The summed E-state index contributed by atoms with van der Waals surface area (Å²) >= 11 is 0. The average molecular weight is 435 g/mol. The van der Waals surface area contributed by atoms with E-state index in [4.69, 9.17) is 9.47 Å². The fraction of sp³-hybridized carbons (Fsp3) is 0.273. The lowest BCUT2D eigenvalue weighted by molar-refractivity contribution is -0.140. The molecule has 2 heterocycles. The molecule has 10 nitrogen and oxygen atoms in total. The fourth-order valence-electron chi connectivity index (χ4n) is 3.63. The fourth-order valence-corrected chi connectivity index (χ4v) is 3.63. The number of carbonyl (C=O) groups is 2. The van der Waals surface area contributed by atoms with Gasteiger partial charge in [0.2, 0.25) is 0 Å². The normalized spacial score (nSPS) is 17.2. The van der Waals surface area contributed by atoms with Crippen molar-refractivity contribution in [2.75, 3.05) is 6.61 Å². The Bertz CT molecular complexity index is 1170. The SMILES string of the molecule is CCOC(=O)c1ccc(COc2ccccc2C2C(C(=O)O)C(C)=Nc3nnnn32)cc1. The van der Waals surface area contributed by atoms with Crippen LogP contribution in [0.4, 0.5) is 5.95 Å². The molecule has 1 aromatic heterocycles. The molecule has 2 atom stereocenters. The van der Waals surface area contributed by atoms with E-state index in [0.29, 0.717) is 29.2 Å². The van der Waals surface area contributed by atoms with Gasteiger partial charge in [-0.3, -0.25) is 4.79 Å². The first kappa shape index (κ1) is 21.2. The van der Waals surface area contributed by atoms with Crippen LogP contribution in [0.2, 0.25) is 0 Å². The summed E-state index contributed by atoms with van der Waals surface area (Å²) in [6.45, 7) is 3.94. The van der Waals surface area contributed by atoms with Crippen LogP contribution in [0.3, 0.4) is 0 Å². The number of aliphatic imine (C=N–C) groups is 1. The van der Waals surface area contributed by atoms with Crippen LogP contribution in [0, 0.1) is 5.92 Å². The largest absolute Gasteiger partial charge is 0.489 e. The predicted molar refractivity (Wildman–Crippen MR) is 113 cm³/mol. The summed E-state index contributed by atoms with van der Waals surface area (Å²) in [5.74, 6) is -1.60. The highest BCUT2D eigenvalue weighted by atomic mass is 16.5. The van der Waals surface area contributed by atoms with Crippen LogP contribution in [0.25, 0.3) is 0 Å². The molecule has 0 radical (unpaired) electrons. The van der Waals surface area contributed by atoms with Crippen molar-refractivity contribution >= 4 is 23.6 Å². The number of benzene rings is 2. The van der Waals surface area contributed by atoms with Crippen LogP contribution in [0.1, 0.15) is 41.4 Å². The van der Waals surface area contributed by atoms with Gasteiger partial charge in [-0.1, -0.05) is 35.4 Å². The number of aliphatic carboxylic acids is 1. The van der Waals surface area contributed by atoms with Gasteiger partial charge in [-0.2, -0.15) is 0 Å². The summed E-state index contributed by atoms with van der Waals surface area (Å²) in [6, 6.07) is 13.4. The van der Waals surface area contributed by atoms with Crippen LogP contribution >= 0.6 is 0 Å². The summed E-state index contributed by atoms with van der Waals surface area (Å²) in [6.07, 6.45) is 0. The second-order valence-corrected chi connectivity index (χ2v) is 7.18. The Balaban J connectivity index is 1.60. The maximum absolute atomic E-state index is 12.1. The van der Waals surface area contributed by atoms with Gasteiger partial charge in [-0.25, -0.2) is 14.5 Å². The minimum absolute atomic E-state index is 0.222. The van der Waals surface area contributed by atoms with E-state index in [1.165, 1.54) is 4.68 Å². The standard InChI is InChI=1S/C22H21N5O5/c1-3-31-21(30)15-10-8-14(9-11-15)12-32-17-7-5-4-6-16(17)19-18(20(28)29)13(2)23-22-24-25-26-27(19)22/h4-11,18-19H,3,12H2,1-2H3,(H,28,29). The number of carboxylic acids is 1. The molecule has 2 unspecified atom stereocenters. The van der Waals surface area contributed by atoms with Crippen molar-refractivity contribution in [2.45, 2.75) is 26.5 Å². The topological polar surface area (TPSA) is 129 Å². The smallest absolute Gasteiger partial charge is 0.338 e. The average Bonchev–Trinajstić information content (AvgIpc) is 3.25. The van der Waals surface area contributed by atoms with Gasteiger partial charge in [0.15, 0.2) is 0 Å². The number of para-hydroxylation sites is 1. The third-order valence-electron chi connectivity index (χ3n) is 5.14. The van der Waals surface area contributed by atoms with E-state index in [1.54, 1.807) is 56.3 Å². The van der Waals surface area contributed by atoms with Crippen LogP contribution < -0.4 is 4.74 Å². The van der Waals surface area contributed by atoms with Crippen molar-refractivity contribution in [2.24, 2.45) is 10.9 Å². The van der Waals surface area contributed by atoms with Gasteiger partial charge < -0.3 is 14.6 Å². The second kappa shape index (κ2) is 8.96. The summed E-state index contributed by atoms with van der Waals surface area (Å²) in [7, 11) is 0. The van der Waals surface area contributed by atoms with Crippen molar-refractivity contribution in [1.29, 1.82) is 0 Å². The van der Waals surface area contributed by atoms with Crippen molar-refractivity contribution in [3.8, 4) is 5.75 Å². The lowest BCUT2D eigenvalue weighted by atomic mass is 9.88. The zero-order chi connectivity index (χ0) is 22.7. The van der Waals surface area contributed by atoms with E-state index in [-0.39, 0.29) is 18.5 Å². The Morgan fingerprint density at radius 3 is 2.59 bits per heavy atom. The number of hydrogen-bond acceptors (Lipinski definition) is 8. The van der Waals surface area contributed by atoms with Crippen molar-refractivity contribution in [3.05, 3.63) is 65.2 Å². The lowest BCUT2D eigenvalue weighted by Crippen LogP contribution is -2.36. The first-order valence-corrected chi connectivity index (χ1v) is 10.0. The number of hydrogen-bond donors (Lipinski definition) is 1. The number of ether oxygens (including phenoxy) is 2. The number of esters is 1. The Kier molecular flexibility index (Phi) is 5.93. The molecule has 0 amide bonds. The summed E-state index contributed by atoms with van der Waals surface area (Å²) in [5, 5.41) is 21.4. The summed E-state index contributed by atoms with van der Waals surface area (Å²) < 4.78 is 12.4. The number of carbonyl (C=O) groups excluding carboxylic acids is 1. The van der Waals surface area contributed by atoms with Crippen LogP contribution in [-0.2, 0) is 16.1 Å². The van der Waals surface area contributed by atoms with Crippen molar-refractivity contribution in [1.82, 2.24) is 20.2 Å². The number of tetrazole rings is 1. The molecule has 10 heteroatoms. The van der Waals surface area contributed by atoms with Crippen molar-refractivity contribution in [3.63, 3.8) is 0 Å². The maximum atomic E-state index is 12.1.